The van der Waals surface area contributed by atoms with Gasteiger partial charge < -0.3 is 11.5 Å². The molecular formula is C9H7ClN10S. The number of rotatable bonds is 3. The van der Waals surface area contributed by atoms with Crippen LogP contribution in [-0.2, 0) is 0 Å². The molecule has 0 aromatic carbocycles. The lowest BCUT2D eigenvalue weighted by atomic mass is 10.5. The first-order valence-electron chi connectivity index (χ1n) is 5.44. The minimum atomic E-state index is 0.00914. The van der Waals surface area contributed by atoms with Crippen molar-refractivity contribution in [3.05, 3.63) is 24.0 Å². The molecule has 12 heteroatoms. The molecule has 0 spiro atoms. The molecule has 0 unspecified atom stereocenters. The number of halogens is 1. The van der Waals surface area contributed by atoms with Crippen molar-refractivity contribution in [3.63, 3.8) is 0 Å². The Kier molecular flexibility index (Phi) is 3.50. The van der Waals surface area contributed by atoms with E-state index in [1.807, 2.05) is 0 Å². The van der Waals surface area contributed by atoms with Gasteiger partial charge in [0.05, 0.1) is 0 Å². The van der Waals surface area contributed by atoms with Crippen LogP contribution >= 0.6 is 23.4 Å². The predicted octanol–water partition coefficient (Wildman–Crippen LogP) is 0.211. The molecule has 3 rings (SSSR count). The fourth-order valence-electron chi connectivity index (χ4n) is 1.37. The van der Waals surface area contributed by atoms with Gasteiger partial charge in [-0.15, -0.1) is 0 Å². The maximum absolute atomic E-state index is 5.87. The molecule has 0 saturated carbocycles. The quantitative estimate of drug-likeness (QED) is 0.641. The smallest absolute Gasteiger partial charge is 0.257 e. The second-order valence-corrected chi connectivity index (χ2v) is 4.90. The van der Waals surface area contributed by atoms with Crippen LogP contribution in [0.3, 0.4) is 0 Å². The summed E-state index contributed by atoms with van der Waals surface area (Å²) in [7, 11) is 0. The highest BCUT2D eigenvalue weighted by Gasteiger charge is 2.11. The number of nitrogens with zero attached hydrogens (tertiary/aromatic N) is 8. The molecule has 0 aliphatic rings. The Balaban J connectivity index is 1.95. The minimum absolute atomic E-state index is 0.00914. The first-order valence-corrected chi connectivity index (χ1v) is 6.64. The lowest BCUT2D eigenvalue weighted by Gasteiger charge is -2.03. The van der Waals surface area contributed by atoms with E-state index in [-0.39, 0.29) is 28.0 Å². The molecule has 0 fully saturated rings. The number of hydrogen-bond acceptors (Lipinski definition) is 10. The van der Waals surface area contributed by atoms with Gasteiger partial charge >= 0.3 is 0 Å². The Morgan fingerprint density at radius 2 is 1.71 bits per heavy atom. The van der Waals surface area contributed by atoms with Crippen molar-refractivity contribution in [1.82, 2.24) is 39.7 Å². The van der Waals surface area contributed by atoms with Crippen LogP contribution in [0.1, 0.15) is 0 Å². The fraction of sp³-hybridized carbons (Fsp3) is 0. The summed E-state index contributed by atoms with van der Waals surface area (Å²) >= 11 is 6.92. The molecule has 0 bridgehead atoms. The molecule has 0 aliphatic heterocycles. The Bertz CT molecular complexity index is 756. The van der Waals surface area contributed by atoms with Crippen LogP contribution in [0.4, 0.5) is 11.6 Å². The summed E-state index contributed by atoms with van der Waals surface area (Å²) in [6.07, 6.45) is 2.79. The fourth-order valence-corrected chi connectivity index (χ4v) is 2.30. The molecule has 0 aliphatic carbocycles. The predicted molar refractivity (Wildman–Crippen MR) is 74.7 cm³/mol. The highest BCUT2D eigenvalue weighted by atomic mass is 35.5. The van der Waals surface area contributed by atoms with Gasteiger partial charge in [0.15, 0.2) is 5.16 Å². The molecule has 10 nitrogen and oxygen atoms in total. The molecule has 0 saturated heterocycles. The molecule has 106 valence electrons. The Morgan fingerprint density at radius 3 is 2.38 bits per heavy atom. The van der Waals surface area contributed by atoms with Gasteiger partial charge in [0, 0.05) is 6.07 Å². The molecular weight excluding hydrogens is 316 g/mol. The van der Waals surface area contributed by atoms with Crippen LogP contribution in [0.25, 0.3) is 5.95 Å². The maximum Gasteiger partial charge on any atom is 0.257 e. The molecule has 4 N–H and O–H groups in total. The van der Waals surface area contributed by atoms with E-state index in [0.717, 1.165) is 11.8 Å². The molecule has 0 atom stereocenters. The highest BCUT2D eigenvalue weighted by molar-refractivity contribution is 7.99. The van der Waals surface area contributed by atoms with Gasteiger partial charge in [-0.3, -0.25) is 0 Å². The van der Waals surface area contributed by atoms with Crippen LogP contribution in [0.5, 0.6) is 0 Å². The van der Waals surface area contributed by atoms with Gasteiger partial charge in [-0.2, -0.15) is 24.7 Å². The van der Waals surface area contributed by atoms with Crippen LogP contribution in [0, 0.1) is 0 Å². The lowest BCUT2D eigenvalue weighted by molar-refractivity contribution is 0.756. The molecule has 21 heavy (non-hydrogen) atoms. The van der Waals surface area contributed by atoms with Gasteiger partial charge in [0.2, 0.25) is 10.4 Å². The minimum Gasteiger partial charge on any atom is -0.383 e. The average molecular weight is 323 g/mol. The topological polar surface area (TPSA) is 147 Å². The second-order valence-electron chi connectivity index (χ2n) is 3.63. The zero-order valence-electron chi connectivity index (χ0n) is 10.3. The lowest BCUT2D eigenvalue weighted by Crippen LogP contribution is -2.05. The van der Waals surface area contributed by atoms with Crippen LogP contribution < -0.4 is 11.5 Å². The normalized spacial score (nSPS) is 10.7. The molecule has 3 heterocycles. The molecule has 3 aromatic rings. The molecule has 3 aromatic heterocycles. The standard InChI is InChI=1S/C9H7ClN10S/c10-6-17-7(20-3-13-2-14-20)19-9(18-6)21-8-15-4(11)1-5(12)16-8/h1-3H,(H4,11,12,15,16). The Hall–Kier alpha value is -2.53. The number of nitrogens with two attached hydrogens (primary N) is 2. The van der Waals surface area contributed by atoms with Crippen molar-refractivity contribution >= 4 is 35.0 Å². The zero-order chi connectivity index (χ0) is 14.8. The number of nitrogen functional groups attached to an aromatic ring is 2. The van der Waals surface area contributed by atoms with E-state index in [4.69, 9.17) is 23.1 Å². The summed E-state index contributed by atoms with van der Waals surface area (Å²) in [5.74, 6) is 0.732. The van der Waals surface area contributed by atoms with E-state index >= 15 is 0 Å². The SMILES string of the molecule is Nc1cc(N)nc(Sc2nc(Cl)nc(-n3cncn3)n2)n1. The second kappa shape index (κ2) is 5.46. The summed E-state index contributed by atoms with van der Waals surface area (Å²) < 4.78 is 1.35. The third-order valence-corrected chi connectivity index (χ3v) is 3.03. The first-order chi connectivity index (χ1) is 10.1. The van der Waals surface area contributed by atoms with Gasteiger partial charge in [0.25, 0.3) is 5.95 Å². The summed E-state index contributed by atoms with van der Waals surface area (Å²) in [4.78, 5) is 24.0. The van der Waals surface area contributed by atoms with Gasteiger partial charge in [-0.25, -0.2) is 15.0 Å². The Labute approximate surface area is 127 Å². The van der Waals surface area contributed by atoms with Crippen LogP contribution in [0.15, 0.2) is 29.0 Å². The highest BCUT2D eigenvalue weighted by Crippen LogP contribution is 2.23. The Morgan fingerprint density at radius 1 is 1.00 bits per heavy atom. The van der Waals surface area contributed by atoms with Crippen molar-refractivity contribution in [2.45, 2.75) is 10.3 Å². The largest absolute Gasteiger partial charge is 0.383 e. The number of aromatic nitrogens is 8. The van der Waals surface area contributed by atoms with Crippen molar-refractivity contribution in [3.8, 4) is 5.95 Å². The maximum atomic E-state index is 5.87. The van der Waals surface area contributed by atoms with E-state index in [1.165, 1.54) is 23.4 Å². The molecule has 0 amide bonds. The summed E-state index contributed by atoms with van der Waals surface area (Å²) in [5, 5.41) is 4.51. The van der Waals surface area contributed by atoms with Crippen molar-refractivity contribution in [1.29, 1.82) is 0 Å². The van der Waals surface area contributed by atoms with E-state index in [2.05, 4.69) is 35.0 Å². The zero-order valence-corrected chi connectivity index (χ0v) is 11.8. The molecule has 0 radical (unpaired) electrons. The average Bonchev–Trinajstić information content (AvgIpc) is 2.90. The first kappa shape index (κ1) is 13.5. The van der Waals surface area contributed by atoms with Crippen molar-refractivity contribution < 1.29 is 0 Å². The van der Waals surface area contributed by atoms with E-state index < -0.39 is 0 Å². The summed E-state index contributed by atoms with van der Waals surface area (Å²) in [6, 6.07) is 1.45. The summed E-state index contributed by atoms with van der Waals surface area (Å²) in [5.41, 5.74) is 11.2. The van der Waals surface area contributed by atoms with E-state index in [0.29, 0.717) is 5.16 Å². The number of anilines is 2. The van der Waals surface area contributed by atoms with E-state index in [9.17, 15) is 0 Å². The van der Waals surface area contributed by atoms with Gasteiger partial charge in [-0.05, 0) is 23.4 Å². The van der Waals surface area contributed by atoms with Gasteiger partial charge in [-0.1, -0.05) is 0 Å². The summed E-state index contributed by atoms with van der Waals surface area (Å²) in [6.45, 7) is 0. The van der Waals surface area contributed by atoms with Crippen molar-refractivity contribution in [2.24, 2.45) is 0 Å². The third kappa shape index (κ3) is 3.14. The van der Waals surface area contributed by atoms with E-state index in [1.54, 1.807) is 0 Å². The monoisotopic (exact) mass is 322 g/mol. The number of hydrogen-bond donors (Lipinski definition) is 2. The van der Waals surface area contributed by atoms with Crippen LogP contribution in [-0.4, -0.2) is 39.7 Å². The van der Waals surface area contributed by atoms with Gasteiger partial charge in [0.1, 0.15) is 24.3 Å². The third-order valence-electron chi connectivity index (χ3n) is 2.13. The van der Waals surface area contributed by atoms with Crippen molar-refractivity contribution in [2.75, 3.05) is 11.5 Å². The van der Waals surface area contributed by atoms with Crippen LogP contribution in [0.2, 0.25) is 5.28 Å².